The largest absolute Gasteiger partial charge is 0.372 e. The summed E-state index contributed by atoms with van der Waals surface area (Å²) in [5.74, 6) is 0.261. The molecule has 0 radical (unpaired) electrons. The number of nitrogens with zero attached hydrogens (tertiary/aromatic N) is 2. The van der Waals surface area contributed by atoms with Crippen LogP contribution in [-0.4, -0.2) is 22.9 Å². The Bertz CT molecular complexity index is 603. The first-order valence-corrected chi connectivity index (χ1v) is 6.53. The zero-order chi connectivity index (χ0) is 13.8. The Balaban J connectivity index is 2.13. The monoisotopic (exact) mass is 340 g/mol. The van der Waals surface area contributed by atoms with E-state index in [1.54, 1.807) is 25.2 Å². The third-order valence-corrected chi connectivity index (χ3v) is 3.55. The summed E-state index contributed by atoms with van der Waals surface area (Å²) in [5, 5.41) is 6.05. The second-order valence-corrected chi connectivity index (χ2v) is 4.88. The highest BCUT2D eigenvalue weighted by Crippen LogP contribution is 2.25. The van der Waals surface area contributed by atoms with Crippen molar-refractivity contribution in [3.05, 3.63) is 45.8 Å². The lowest BCUT2D eigenvalue weighted by Crippen LogP contribution is -2.14. The van der Waals surface area contributed by atoms with E-state index in [4.69, 9.17) is 11.6 Å². The fraction of sp³-hybridized carbons (Fsp3) is 0.0833. The summed E-state index contributed by atoms with van der Waals surface area (Å²) in [6.07, 6.45) is 2.89. The molecule has 7 heteroatoms. The number of hydrogen-bond donors (Lipinski definition) is 2. The highest BCUT2D eigenvalue weighted by molar-refractivity contribution is 9.10. The van der Waals surface area contributed by atoms with Crippen molar-refractivity contribution in [2.75, 3.05) is 17.7 Å². The maximum absolute atomic E-state index is 11.9. The molecule has 0 atom stereocenters. The number of hydrogen-bond acceptors (Lipinski definition) is 4. The fourth-order valence-corrected chi connectivity index (χ4v) is 1.77. The minimum Gasteiger partial charge on any atom is -0.372 e. The molecule has 0 fully saturated rings. The molecule has 0 aliphatic heterocycles. The highest BCUT2D eigenvalue weighted by atomic mass is 79.9. The summed E-state index contributed by atoms with van der Waals surface area (Å²) in [4.78, 5) is 20.0. The molecule has 0 aliphatic carbocycles. The number of carbonyl (C=O) groups is 1. The maximum Gasteiger partial charge on any atom is 0.275 e. The van der Waals surface area contributed by atoms with E-state index in [0.29, 0.717) is 16.5 Å². The summed E-state index contributed by atoms with van der Waals surface area (Å²) >= 11 is 9.23. The average Bonchev–Trinajstić information content (AvgIpc) is 2.43. The highest BCUT2D eigenvalue weighted by Gasteiger charge is 2.09. The van der Waals surface area contributed by atoms with E-state index in [2.05, 4.69) is 36.5 Å². The predicted molar refractivity (Wildman–Crippen MR) is 78.7 cm³/mol. The first-order valence-electron chi connectivity index (χ1n) is 5.36. The van der Waals surface area contributed by atoms with Gasteiger partial charge in [-0.05, 0) is 34.1 Å². The van der Waals surface area contributed by atoms with Crippen LogP contribution < -0.4 is 10.6 Å². The summed E-state index contributed by atoms with van der Waals surface area (Å²) in [7, 11) is 1.73. The van der Waals surface area contributed by atoms with E-state index in [1.807, 2.05) is 0 Å². The van der Waals surface area contributed by atoms with Gasteiger partial charge >= 0.3 is 0 Å². The third-order valence-electron chi connectivity index (χ3n) is 2.32. The van der Waals surface area contributed by atoms with Crippen molar-refractivity contribution in [3.63, 3.8) is 0 Å². The van der Waals surface area contributed by atoms with E-state index < -0.39 is 0 Å². The number of amides is 1. The Hall–Kier alpha value is -1.66. The van der Waals surface area contributed by atoms with E-state index in [0.717, 1.165) is 4.47 Å². The van der Waals surface area contributed by atoms with Gasteiger partial charge in [0.15, 0.2) is 0 Å². The lowest BCUT2D eigenvalue weighted by molar-refractivity contribution is 0.102. The minimum atomic E-state index is -0.339. The number of nitrogens with one attached hydrogen (secondary N) is 2. The van der Waals surface area contributed by atoms with Gasteiger partial charge in [-0.2, -0.15) is 0 Å². The Morgan fingerprint density at radius 3 is 2.68 bits per heavy atom. The molecule has 0 spiro atoms. The van der Waals surface area contributed by atoms with Gasteiger partial charge in [-0.3, -0.25) is 4.79 Å². The normalized spacial score (nSPS) is 10.1. The van der Waals surface area contributed by atoms with Gasteiger partial charge in [-0.15, -0.1) is 0 Å². The van der Waals surface area contributed by atoms with Crippen LogP contribution in [0.2, 0.25) is 5.02 Å². The molecular formula is C12H10BrClN4O. The molecule has 5 nitrogen and oxygen atoms in total. The van der Waals surface area contributed by atoms with Crippen LogP contribution >= 0.6 is 27.5 Å². The van der Waals surface area contributed by atoms with Crippen LogP contribution in [0.25, 0.3) is 0 Å². The predicted octanol–water partition coefficient (Wildman–Crippen LogP) is 3.19. The van der Waals surface area contributed by atoms with E-state index in [9.17, 15) is 4.79 Å². The van der Waals surface area contributed by atoms with E-state index >= 15 is 0 Å². The third kappa shape index (κ3) is 3.42. The van der Waals surface area contributed by atoms with Crippen molar-refractivity contribution in [3.8, 4) is 0 Å². The number of aromatic nitrogens is 2. The second kappa shape index (κ2) is 5.99. The quantitative estimate of drug-likeness (QED) is 0.900. The van der Waals surface area contributed by atoms with Crippen molar-refractivity contribution in [1.29, 1.82) is 0 Å². The van der Waals surface area contributed by atoms with Gasteiger partial charge < -0.3 is 10.6 Å². The van der Waals surface area contributed by atoms with Crippen LogP contribution in [0.3, 0.4) is 0 Å². The smallest absolute Gasteiger partial charge is 0.275 e. The number of rotatable bonds is 3. The average molecular weight is 342 g/mol. The molecule has 2 rings (SSSR count). The second-order valence-electron chi connectivity index (χ2n) is 3.62. The molecule has 0 saturated carbocycles. The van der Waals surface area contributed by atoms with Crippen LogP contribution in [0, 0.1) is 0 Å². The molecule has 0 unspecified atom stereocenters. The van der Waals surface area contributed by atoms with Gasteiger partial charge in [0, 0.05) is 17.2 Å². The Labute approximate surface area is 123 Å². The van der Waals surface area contributed by atoms with Crippen LogP contribution in [-0.2, 0) is 0 Å². The van der Waals surface area contributed by atoms with E-state index in [-0.39, 0.29) is 11.6 Å². The molecule has 19 heavy (non-hydrogen) atoms. The minimum absolute atomic E-state index is 0.234. The van der Waals surface area contributed by atoms with Gasteiger partial charge in [0.2, 0.25) is 0 Å². The molecule has 98 valence electrons. The first-order chi connectivity index (χ1) is 9.10. The zero-order valence-corrected chi connectivity index (χ0v) is 12.3. The molecule has 1 heterocycles. The maximum atomic E-state index is 11.9. The molecule has 2 N–H and O–H groups in total. The molecule has 1 aromatic heterocycles. The van der Waals surface area contributed by atoms with Crippen LogP contribution in [0.15, 0.2) is 35.1 Å². The molecule has 0 bridgehead atoms. The fourth-order valence-electron chi connectivity index (χ4n) is 1.34. The zero-order valence-electron chi connectivity index (χ0n) is 9.95. The van der Waals surface area contributed by atoms with Crippen molar-refractivity contribution in [1.82, 2.24) is 9.97 Å². The van der Waals surface area contributed by atoms with Gasteiger partial charge in [-0.1, -0.05) is 11.6 Å². The Kier molecular flexibility index (Phi) is 4.34. The van der Waals surface area contributed by atoms with Gasteiger partial charge in [-0.25, -0.2) is 9.97 Å². The molecule has 0 aliphatic rings. The van der Waals surface area contributed by atoms with E-state index in [1.165, 1.54) is 12.4 Å². The van der Waals surface area contributed by atoms with Crippen LogP contribution in [0.1, 0.15) is 10.5 Å². The van der Waals surface area contributed by atoms with Crippen LogP contribution in [0.4, 0.5) is 11.5 Å². The summed E-state index contributed by atoms with van der Waals surface area (Å²) < 4.78 is 0.769. The van der Waals surface area contributed by atoms with Crippen molar-refractivity contribution in [2.24, 2.45) is 0 Å². The number of carbonyl (C=O) groups excluding carboxylic acids is 1. The summed E-state index contributed by atoms with van der Waals surface area (Å²) in [6, 6.07) is 5.15. The molecular weight excluding hydrogens is 332 g/mol. The number of anilines is 2. The van der Waals surface area contributed by atoms with Gasteiger partial charge in [0.1, 0.15) is 11.5 Å². The lowest BCUT2D eigenvalue weighted by Gasteiger charge is -2.06. The van der Waals surface area contributed by atoms with Gasteiger partial charge in [0.05, 0.1) is 17.4 Å². The molecule has 1 aromatic carbocycles. The number of halogens is 2. The SMILES string of the molecule is CNc1cnc(C(=O)Nc2ccc(Br)c(Cl)c2)cn1. The van der Waals surface area contributed by atoms with Crippen molar-refractivity contribution in [2.45, 2.75) is 0 Å². The summed E-state index contributed by atoms with van der Waals surface area (Å²) in [5.41, 5.74) is 0.829. The molecule has 1 amide bonds. The van der Waals surface area contributed by atoms with Crippen molar-refractivity contribution < 1.29 is 4.79 Å². The topological polar surface area (TPSA) is 66.9 Å². The van der Waals surface area contributed by atoms with Gasteiger partial charge in [0.25, 0.3) is 5.91 Å². The lowest BCUT2D eigenvalue weighted by atomic mass is 10.3. The number of benzene rings is 1. The van der Waals surface area contributed by atoms with Crippen molar-refractivity contribution >= 4 is 44.9 Å². The Morgan fingerprint density at radius 2 is 2.11 bits per heavy atom. The van der Waals surface area contributed by atoms with Crippen LogP contribution in [0.5, 0.6) is 0 Å². The molecule has 0 saturated heterocycles. The summed E-state index contributed by atoms with van der Waals surface area (Å²) in [6.45, 7) is 0. The standard InChI is InChI=1S/C12H10BrClN4O/c1-15-11-6-16-10(5-17-11)12(19)18-7-2-3-8(13)9(14)4-7/h2-6H,1H3,(H,15,17)(H,18,19). The Morgan fingerprint density at radius 1 is 1.32 bits per heavy atom. The molecule has 2 aromatic rings. The first kappa shape index (κ1) is 13.8.